The summed E-state index contributed by atoms with van der Waals surface area (Å²) >= 11 is 3.38. The Morgan fingerprint density at radius 1 is 1.62 bits per heavy atom. The van der Waals surface area contributed by atoms with Gasteiger partial charge in [0, 0.05) is 5.33 Å². The average molecular weight is 177 g/mol. The summed E-state index contributed by atoms with van der Waals surface area (Å²) in [7, 11) is 0. The molecule has 0 aliphatic rings. The van der Waals surface area contributed by atoms with Gasteiger partial charge in [-0.15, -0.1) is 0 Å². The highest BCUT2D eigenvalue weighted by Crippen LogP contribution is 2.02. The first kappa shape index (κ1) is 8.22. The van der Waals surface area contributed by atoms with Gasteiger partial charge in [0.1, 0.15) is 0 Å². The Morgan fingerprint density at radius 2 is 2.25 bits per heavy atom. The van der Waals surface area contributed by atoms with Gasteiger partial charge in [-0.1, -0.05) is 34.5 Å². The molecule has 0 rings (SSSR count). The Bertz CT molecular complexity index is 74.5. The fourth-order valence-electron chi connectivity index (χ4n) is 0.600. The van der Waals surface area contributed by atoms with E-state index >= 15 is 0 Å². The van der Waals surface area contributed by atoms with Gasteiger partial charge in [-0.3, -0.25) is 0 Å². The van der Waals surface area contributed by atoms with E-state index in [1.807, 2.05) is 0 Å². The van der Waals surface area contributed by atoms with Crippen LogP contribution >= 0.6 is 15.9 Å². The molecule has 0 atom stereocenters. The van der Waals surface area contributed by atoms with Gasteiger partial charge >= 0.3 is 0 Å². The first-order valence-electron chi connectivity index (χ1n) is 3.02. The molecule has 0 bridgehead atoms. The van der Waals surface area contributed by atoms with Crippen molar-refractivity contribution in [3.8, 4) is 0 Å². The van der Waals surface area contributed by atoms with Gasteiger partial charge < -0.3 is 0 Å². The molecule has 0 N–H and O–H groups in total. The van der Waals surface area contributed by atoms with Crippen LogP contribution in [-0.2, 0) is 0 Å². The molecule has 0 aromatic heterocycles. The van der Waals surface area contributed by atoms with E-state index in [1.165, 1.54) is 18.4 Å². The van der Waals surface area contributed by atoms with Crippen molar-refractivity contribution in [2.24, 2.45) is 0 Å². The Kier molecular flexibility index (Phi) is 5.51. The van der Waals surface area contributed by atoms with Crippen molar-refractivity contribution in [1.82, 2.24) is 0 Å². The van der Waals surface area contributed by atoms with Crippen LogP contribution in [0.3, 0.4) is 0 Å². The standard InChI is InChI=1S/C7H13Br/c1-3-4-7(2)5-6-8/h4H,3,5-6H2,1-2H3/b7-4-. The second-order valence-corrected chi connectivity index (χ2v) is 2.69. The van der Waals surface area contributed by atoms with Crippen LogP contribution in [0.1, 0.15) is 26.7 Å². The van der Waals surface area contributed by atoms with Gasteiger partial charge in [-0.25, -0.2) is 0 Å². The molecule has 1 heteroatoms. The van der Waals surface area contributed by atoms with Crippen LogP contribution in [0.5, 0.6) is 0 Å². The Hall–Kier alpha value is 0.220. The molecule has 0 fully saturated rings. The predicted molar refractivity (Wildman–Crippen MR) is 42.5 cm³/mol. The zero-order valence-corrected chi connectivity index (χ0v) is 7.16. The van der Waals surface area contributed by atoms with Crippen molar-refractivity contribution >= 4 is 15.9 Å². The highest BCUT2D eigenvalue weighted by molar-refractivity contribution is 9.09. The molecular weight excluding hydrogens is 164 g/mol. The van der Waals surface area contributed by atoms with Crippen LogP contribution in [0.2, 0.25) is 0 Å². The molecule has 0 amide bonds. The van der Waals surface area contributed by atoms with Crippen molar-refractivity contribution < 1.29 is 0 Å². The first-order chi connectivity index (χ1) is 3.81. The Morgan fingerprint density at radius 3 is 2.62 bits per heavy atom. The largest absolute Gasteiger partial charge is 0.0925 e. The number of hydrogen-bond donors (Lipinski definition) is 0. The van der Waals surface area contributed by atoms with Gasteiger partial charge in [-0.2, -0.15) is 0 Å². The molecule has 0 unspecified atom stereocenters. The number of rotatable bonds is 3. The SMILES string of the molecule is CC/C=C(/C)CCBr. The Labute approximate surface area is 60.1 Å². The zero-order valence-electron chi connectivity index (χ0n) is 5.58. The maximum absolute atomic E-state index is 3.38. The summed E-state index contributed by atoms with van der Waals surface area (Å²) in [6, 6.07) is 0. The van der Waals surface area contributed by atoms with Gasteiger partial charge in [0.25, 0.3) is 0 Å². The summed E-state index contributed by atoms with van der Waals surface area (Å²) in [5.74, 6) is 0. The molecule has 0 aromatic carbocycles. The summed E-state index contributed by atoms with van der Waals surface area (Å²) in [6.07, 6.45) is 4.62. The third-order valence-corrected chi connectivity index (χ3v) is 1.44. The average Bonchev–Trinajstić information content (AvgIpc) is 1.68. The van der Waals surface area contributed by atoms with Crippen molar-refractivity contribution in [2.75, 3.05) is 5.33 Å². The number of alkyl halides is 1. The van der Waals surface area contributed by atoms with Gasteiger partial charge in [0.05, 0.1) is 0 Å². The lowest BCUT2D eigenvalue weighted by Gasteiger charge is -1.92. The van der Waals surface area contributed by atoms with E-state index < -0.39 is 0 Å². The van der Waals surface area contributed by atoms with Crippen molar-refractivity contribution in [3.63, 3.8) is 0 Å². The summed E-state index contributed by atoms with van der Waals surface area (Å²) in [5.41, 5.74) is 1.49. The van der Waals surface area contributed by atoms with Crippen LogP contribution in [0.4, 0.5) is 0 Å². The van der Waals surface area contributed by atoms with Crippen LogP contribution in [0, 0.1) is 0 Å². The van der Waals surface area contributed by atoms with Gasteiger partial charge in [0.2, 0.25) is 0 Å². The normalized spacial score (nSPS) is 12.1. The fraction of sp³-hybridized carbons (Fsp3) is 0.714. The highest BCUT2D eigenvalue weighted by atomic mass is 79.9. The quantitative estimate of drug-likeness (QED) is 0.459. The molecule has 0 nitrogen and oxygen atoms in total. The second kappa shape index (κ2) is 5.36. The molecule has 0 aliphatic heterocycles. The molecule has 48 valence electrons. The van der Waals surface area contributed by atoms with Gasteiger partial charge in [0.15, 0.2) is 0 Å². The lowest BCUT2D eigenvalue weighted by molar-refractivity contribution is 1.07. The predicted octanol–water partition coefficient (Wildman–Crippen LogP) is 3.13. The molecule has 0 saturated carbocycles. The van der Waals surface area contributed by atoms with E-state index in [0.29, 0.717) is 0 Å². The van der Waals surface area contributed by atoms with Crippen molar-refractivity contribution in [1.29, 1.82) is 0 Å². The second-order valence-electron chi connectivity index (χ2n) is 1.90. The minimum atomic E-state index is 1.09. The van der Waals surface area contributed by atoms with E-state index in [1.54, 1.807) is 0 Å². The fourth-order valence-corrected chi connectivity index (χ4v) is 1.22. The molecule has 0 aromatic rings. The smallest absolute Gasteiger partial charge is 0.00684 e. The topological polar surface area (TPSA) is 0 Å². The molecule has 0 aliphatic carbocycles. The monoisotopic (exact) mass is 176 g/mol. The number of allylic oxidation sites excluding steroid dienone is 2. The molecule has 0 spiro atoms. The first-order valence-corrected chi connectivity index (χ1v) is 4.15. The summed E-state index contributed by atoms with van der Waals surface area (Å²) in [4.78, 5) is 0. The highest BCUT2D eigenvalue weighted by Gasteiger charge is 1.83. The summed E-state index contributed by atoms with van der Waals surface area (Å²) < 4.78 is 0. The lowest BCUT2D eigenvalue weighted by Crippen LogP contribution is -1.75. The van der Waals surface area contributed by atoms with Gasteiger partial charge in [-0.05, 0) is 19.8 Å². The molecule has 8 heavy (non-hydrogen) atoms. The van der Waals surface area contributed by atoms with E-state index in [9.17, 15) is 0 Å². The molecule has 0 heterocycles. The van der Waals surface area contributed by atoms with E-state index in [-0.39, 0.29) is 0 Å². The van der Waals surface area contributed by atoms with E-state index in [2.05, 4.69) is 35.9 Å². The van der Waals surface area contributed by atoms with Crippen molar-refractivity contribution in [2.45, 2.75) is 26.7 Å². The molecule has 0 saturated heterocycles. The third kappa shape index (κ3) is 4.38. The van der Waals surface area contributed by atoms with E-state index in [4.69, 9.17) is 0 Å². The van der Waals surface area contributed by atoms with Crippen LogP contribution in [-0.4, -0.2) is 5.33 Å². The summed E-state index contributed by atoms with van der Waals surface area (Å²) in [6.45, 7) is 4.34. The van der Waals surface area contributed by atoms with Crippen LogP contribution in [0.25, 0.3) is 0 Å². The summed E-state index contributed by atoms with van der Waals surface area (Å²) in [5, 5.41) is 1.09. The van der Waals surface area contributed by atoms with E-state index in [0.717, 1.165) is 5.33 Å². The number of halogens is 1. The molecule has 0 radical (unpaired) electrons. The molecular formula is C7H13Br. The van der Waals surface area contributed by atoms with Crippen molar-refractivity contribution in [3.05, 3.63) is 11.6 Å². The third-order valence-electron chi connectivity index (χ3n) is 1.04. The minimum Gasteiger partial charge on any atom is -0.0925 e. The zero-order chi connectivity index (χ0) is 6.41. The van der Waals surface area contributed by atoms with Crippen LogP contribution in [0.15, 0.2) is 11.6 Å². The van der Waals surface area contributed by atoms with Crippen LogP contribution < -0.4 is 0 Å². The number of hydrogen-bond acceptors (Lipinski definition) is 0. The lowest BCUT2D eigenvalue weighted by atomic mass is 10.2. The maximum atomic E-state index is 3.38. The minimum absolute atomic E-state index is 1.09. The Balaban J connectivity index is 3.29. The maximum Gasteiger partial charge on any atom is 0.00684 e.